The van der Waals surface area contributed by atoms with Crippen LogP contribution in [-0.4, -0.2) is 22.7 Å². The van der Waals surface area contributed by atoms with Crippen molar-refractivity contribution in [2.45, 2.75) is 12.8 Å². The van der Waals surface area contributed by atoms with Gasteiger partial charge >= 0.3 is 0 Å². The maximum Gasteiger partial charge on any atom is 0.270 e. The Bertz CT molecular complexity index is 910. The summed E-state index contributed by atoms with van der Waals surface area (Å²) in [6, 6.07) is 7.08. The van der Waals surface area contributed by atoms with E-state index in [-0.39, 0.29) is 29.6 Å². The molecule has 1 heterocycles. The average Bonchev–Trinajstić information content (AvgIpc) is 3.39. The molecule has 6 heteroatoms. The number of hydrogen-bond acceptors (Lipinski definition) is 3. The number of carbonyl (C=O) groups excluding carboxylic acids is 3. The Morgan fingerprint density at radius 1 is 1.12 bits per heavy atom. The van der Waals surface area contributed by atoms with Gasteiger partial charge in [-0.3, -0.25) is 19.8 Å². The molecule has 1 aliphatic heterocycles. The van der Waals surface area contributed by atoms with Crippen molar-refractivity contribution < 1.29 is 14.4 Å². The summed E-state index contributed by atoms with van der Waals surface area (Å²) in [5.41, 5.74) is 2.47. The van der Waals surface area contributed by atoms with E-state index in [4.69, 9.17) is 0 Å². The van der Waals surface area contributed by atoms with Crippen LogP contribution in [0.2, 0.25) is 0 Å². The van der Waals surface area contributed by atoms with Crippen LogP contribution in [0.25, 0.3) is 0 Å². The Balaban J connectivity index is 1.32. The van der Waals surface area contributed by atoms with Crippen LogP contribution in [-0.2, 0) is 9.59 Å². The summed E-state index contributed by atoms with van der Waals surface area (Å²) in [6.45, 7) is 0. The quantitative estimate of drug-likeness (QED) is 0.419. The first kappa shape index (κ1) is 15.4. The van der Waals surface area contributed by atoms with Crippen LogP contribution in [0.5, 0.6) is 0 Å². The van der Waals surface area contributed by atoms with E-state index < -0.39 is 11.3 Å². The van der Waals surface area contributed by atoms with E-state index >= 15 is 0 Å². The molecule has 3 unspecified atom stereocenters. The lowest BCUT2D eigenvalue weighted by atomic mass is 9.40. The van der Waals surface area contributed by atoms with Crippen LogP contribution in [0.1, 0.15) is 23.2 Å². The molecule has 5 nitrogen and oxygen atoms in total. The molecule has 7 rings (SSSR count). The Morgan fingerprint density at radius 2 is 1.88 bits per heavy atom. The van der Waals surface area contributed by atoms with Gasteiger partial charge < -0.3 is 0 Å². The molecule has 0 radical (unpaired) electrons. The van der Waals surface area contributed by atoms with Gasteiger partial charge in [-0.25, -0.2) is 0 Å². The van der Waals surface area contributed by atoms with Gasteiger partial charge in [0.25, 0.3) is 17.7 Å². The van der Waals surface area contributed by atoms with E-state index in [9.17, 15) is 14.4 Å². The second kappa shape index (κ2) is 4.77. The van der Waals surface area contributed by atoms with Crippen molar-refractivity contribution in [1.82, 2.24) is 10.4 Å². The second-order valence-electron chi connectivity index (χ2n) is 8.31. The number of rotatable bonds is 2. The first-order valence-electron chi connectivity index (χ1n) is 9.16. The second-order valence-corrected chi connectivity index (χ2v) is 9.55. The number of imide groups is 1. The predicted molar refractivity (Wildman–Crippen MR) is 100 cm³/mol. The molecule has 1 spiro atoms. The first-order valence-corrected chi connectivity index (χ1v) is 10.2. The third-order valence-electron chi connectivity index (χ3n) is 7.50. The lowest BCUT2D eigenvalue weighted by Crippen LogP contribution is -2.63. The van der Waals surface area contributed by atoms with Crippen LogP contribution >= 0.6 is 22.6 Å². The number of amides is 3. The highest BCUT2D eigenvalue weighted by Crippen LogP contribution is 2.77. The molecule has 6 aliphatic rings. The zero-order valence-corrected chi connectivity index (χ0v) is 16.0. The third kappa shape index (κ3) is 1.61. The molecule has 3 saturated carbocycles. The molecule has 4 fully saturated rings. The summed E-state index contributed by atoms with van der Waals surface area (Å²) >= 11 is 2.17. The summed E-state index contributed by atoms with van der Waals surface area (Å²) in [7, 11) is 0. The van der Waals surface area contributed by atoms with Crippen molar-refractivity contribution in [1.29, 1.82) is 0 Å². The first-order chi connectivity index (χ1) is 12.5. The Morgan fingerprint density at radius 3 is 2.65 bits per heavy atom. The van der Waals surface area contributed by atoms with Crippen molar-refractivity contribution in [3.05, 3.63) is 45.6 Å². The highest BCUT2D eigenvalue weighted by atomic mass is 127. The van der Waals surface area contributed by atoms with Gasteiger partial charge in [-0.1, -0.05) is 12.2 Å². The maximum atomic E-state index is 13.4. The number of halogens is 1. The summed E-state index contributed by atoms with van der Waals surface area (Å²) in [4.78, 5) is 38.8. The topological polar surface area (TPSA) is 66.5 Å². The zero-order chi connectivity index (χ0) is 17.8. The molecule has 5 aliphatic carbocycles. The highest BCUT2D eigenvalue weighted by Gasteiger charge is 2.80. The number of benzene rings is 1. The van der Waals surface area contributed by atoms with Gasteiger partial charge in [0.2, 0.25) is 0 Å². The average molecular weight is 460 g/mol. The molecule has 132 valence electrons. The third-order valence-corrected chi connectivity index (χ3v) is 8.21. The van der Waals surface area contributed by atoms with Crippen molar-refractivity contribution in [3.8, 4) is 0 Å². The van der Waals surface area contributed by atoms with Gasteiger partial charge in [-0.2, -0.15) is 5.01 Å². The molecule has 1 N–H and O–H groups in total. The molecule has 1 saturated heterocycles. The molecule has 1 aromatic rings. The fraction of sp³-hybridized carbons (Fsp3) is 0.450. The summed E-state index contributed by atoms with van der Waals surface area (Å²) in [6.07, 6.45) is 6.45. The Hall–Kier alpha value is -1.70. The van der Waals surface area contributed by atoms with Gasteiger partial charge in [-0.15, -0.1) is 0 Å². The van der Waals surface area contributed by atoms with Crippen LogP contribution in [0.4, 0.5) is 0 Å². The SMILES string of the molecule is O=C(NN1C(=O)C2C[C@H]3C4C=CC([C@@H]5C[C@H]45)[C@]23C1=O)c1ccc(I)cc1. The van der Waals surface area contributed by atoms with Gasteiger partial charge in [0.15, 0.2) is 0 Å². The highest BCUT2D eigenvalue weighted by molar-refractivity contribution is 14.1. The molecule has 26 heavy (non-hydrogen) atoms. The smallest absolute Gasteiger partial charge is 0.270 e. The molecule has 7 atom stereocenters. The van der Waals surface area contributed by atoms with E-state index in [1.165, 1.54) is 6.42 Å². The molecule has 1 aromatic carbocycles. The molecule has 2 bridgehead atoms. The van der Waals surface area contributed by atoms with E-state index in [2.05, 4.69) is 40.2 Å². The maximum absolute atomic E-state index is 13.4. The number of nitrogens with one attached hydrogen (secondary N) is 1. The van der Waals surface area contributed by atoms with Crippen LogP contribution in [0.3, 0.4) is 0 Å². The van der Waals surface area contributed by atoms with Crippen LogP contribution in [0, 0.1) is 44.5 Å². The number of hydrazine groups is 1. The summed E-state index contributed by atoms with van der Waals surface area (Å²) < 4.78 is 1.02. The fourth-order valence-electron chi connectivity index (χ4n) is 6.35. The van der Waals surface area contributed by atoms with Crippen molar-refractivity contribution in [3.63, 3.8) is 0 Å². The number of allylic oxidation sites excluding steroid dienone is 2. The minimum absolute atomic E-state index is 0.174. The van der Waals surface area contributed by atoms with Gasteiger partial charge in [0.1, 0.15) is 0 Å². The molecule has 0 aromatic heterocycles. The van der Waals surface area contributed by atoms with Crippen LogP contribution < -0.4 is 5.43 Å². The van der Waals surface area contributed by atoms with Crippen molar-refractivity contribution >= 4 is 40.3 Å². The normalized spacial score (nSPS) is 43.5. The summed E-state index contributed by atoms with van der Waals surface area (Å²) in [5.74, 6) is 1.14. The fourth-order valence-corrected chi connectivity index (χ4v) is 6.71. The lowest BCUT2D eigenvalue weighted by Gasteiger charge is -2.60. The van der Waals surface area contributed by atoms with Crippen molar-refractivity contribution in [2.75, 3.05) is 0 Å². The minimum atomic E-state index is -0.576. The number of nitrogens with zero attached hydrogens (tertiary/aromatic N) is 1. The predicted octanol–water partition coefficient (Wildman–Crippen LogP) is 2.38. The van der Waals surface area contributed by atoms with E-state index in [1.807, 2.05) is 12.1 Å². The standard InChI is InChI=1S/C20H17IN2O3/c21-10-3-1-9(2-4-10)17(24)22-23-18(25)16-8-15-11-5-6-14(13-7-12(11)13)20(15,16)19(23)26/h1-6,11-16H,7-8H2,(H,22,24)/t11?,12-,13-,14?,15+,16?,20-/m1/s1. The van der Waals surface area contributed by atoms with Crippen molar-refractivity contribution in [2.24, 2.45) is 40.9 Å². The van der Waals surface area contributed by atoms with E-state index in [0.29, 0.717) is 17.4 Å². The van der Waals surface area contributed by atoms with Gasteiger partial charge in [-0.05, 0) is 89.3 Å². The lowest BCUT2D eigenvalue weighted by molar-refractivity contribution is -0.169. The Kier molecular flexibility index (Phi) is 2.82. The van der Waals surface area contributed by atoms with E-state index in [0.717, 1.165) is 20.9 Å². The van der Waals surface area contributed by atoms with E-state index in [1.54, 1.807) is 12.1 Å². The Labute approximate surface area is 164 Å². The largest absolute Gasteiger partial charge is 0.272 e. The van der Waals surface area contributed by atoms with Gasteiger partial charge in [0, 0.05) is 9.13 Å². The summed E-state index contributed by atoms with van der Waals surface area (Å²) in [5, 5.41) is 1.04. The van der Waals surface area contributed by atoms with Gasteiger partial charge in [0.05, 0.1) is 11.3 Å². The zero-order valence-electron chi connectivity index (χ0n) is 13.9. The number of carbonyl (C=O) groups is 3. The molecular formula is C20H17IN2O3. The monoisotopic (exact) mass is 460 g/mol. The molecule has 3 amide bonds. The van der Waals surface area contributed by atoms with Crippen LogP contribution in [0.15, 0.2) is 36.4 Å². The molecular weight excluding hydrogens is 443 g/mol. The number of hydrogen-bond donors (Lipinski definition) is 1. The minimum Gasteiger partial charge on any atom is -0.272 e.